The molecular weight excluding hydrogens is 246 g/mol. The number of nitrogens with two attached hydrogens (primary N) is 1. The summed E-state index contributed by atoms with van der Waals surface area (Å²) in [5.41, 5.74) is 5.70. The second-order valence-electron chi connectivity index (χ2n) is 2.05. The lowest BCUT2D eigenvalue weighted by Crippen LogP contribution is -2.29. The summed E-state index contributed by atoms with van der Waals surface area (Å²) in [7, 11) is 0. The molecule has 1 aliphatic carbocycles. The summed E-state index contributed by atoms with van der Waals surface area (Å²) in [6, 6.07) is 0. The third-order valence-corrected chi connectivity index (χ3v) is 2.31. The standard InChI is InChI=1S/C6H7Br2N/c7-5-1-3-6(8,9)4-2-5/h1-3H,4,9H2. The van der Waals surface area contributed by atoms with E-state index in [4.69, 9.17) is 5.73 Å². The van der Waals surface area contributed by atoms with Crippen LogP contribution in [0.25, 0.3) is 0 Å². The van der Waals surface area contributed by atoms with Gasteiger partial charge in [0, 0.05) is 4.48 Å². The van der Waals surface area contributed by atoms with Crippen molar-refractivity contribution in [3.05, 3.63) is 22.7 Å². The van der Waals surface area contributed by atoms with Gasteiger partial charge in [0.15, 0.2) is 0 Å². The van der Waals surface area contributed by atoms with Crippen LogP contribution >= 0.6 is 31.9 Å². The van der Waals surface area contributed by atoms with Crippen LogP contribution in [0.5, 0.6) is 0 Å². The smallest absolute Gasteiger partial charge is 0.0941 e. The van der Waals surface area contributed by atoms with E-state index in [2.05, 4.69) is 31.9 Å². The molecule has 0 heterocycles. The fourth-order valence-electron chi connectivity index (χ4n) is 0.608. The van der Waals surface area contributed by atoms with Gasteiger partial charge in [0.25, 0.3) is 0 Å². The van der Waals surface area contributed by atoms with E-state index >= 15 is 0 Å². The van der Waals surface area contributed by atoms with E-state index in [1.54, 1.807) is 0 Å². The maximum absolute atomic E-state index is 5.70. The fourth-order valence-corrected chi connectivity index (χ4v) is 1.20. The third kappa shape index (κ3) is 2.24. The third-order valence-electron chi connectivity index (χ3n) is 1.13. The quantitative estimate of drug-likeness (QED) is 0.520. The Morgan fingerprint density at radius 1 is 1.67 bits per heavy atom. The van der Waals surface area contributed by atoms with Crippen molar-refractivity contribution in [3.8, 4) is 0 Å². The molecule has 0 amide bonds. The first-order valence-corrected chi connectivity index (χ1v) is 4.21. The first-order valence-electron chi connectivity index (χ1n) is 2.63. The monoisotopic (exact) mass is 251 g/mol. The molecule has 3 heteroatoms. The average Bonchev–Trinajstić information content (AvgIpc) is 1.78. The molecule has 50 valence electrons. The summed E-state index contributed by atoms with van der Waals surface area (Å²) < 4.78 is 0.785. The molecule has 0 radical (unpaired) electrons. The zero-order valence-corrected chi connectivity index (χ0v) is 7.94. The molecule has 0 bridgehead atoms. The van der Waals surface area contributed by atoms with Crippen molar-refractivity contribution >= 4 is 31.9 Å². The van der Waals surface area contributed by atoms with Gasteiger partial charge in [-0.05, 0) is 12.5 Å². The average molecular weight is 253 g/mol. The Morgan fingerprint density at radius 2 is 2.33 bits per heavy atom. The molecule has 1 unspecified atom stereocenters. The Bertz CT molecular complexity index is 170. The summed E-state index contributed by atoms with van der Waals surface area (Å²) in [5.74, 6) is 0. The molecule has 1 aliphatic rings. The lowest BCUT2D eigenvalue weighted by molar-refractivity contribution is 0.773. The zero-order chi connectivity index (χ0) is 6.91. The lowest BCUT2D eigenvalue weighted by Gasteiger charge is -2.18. The minimum atomic E-state index is -0.315. The van der Waals surface area contributed by atoms with Crippen LogP contribution in [0.4, 0.5) is 0 Å². The van der Waals surface area contributed by atoms with Crippen LogP contribution in [0.1, 0.15) is 6.42 Å². The van der Waals surface area contributed by atoms with E-state index in [1.807, 2.05) is 18.2 Å². The largest absolute Gasteiger partial charge is 0.313 e. The van der Waals surface area contributed by atoms with Crippen LogP contribution in [0, 0.1) is 0 Å². The highest BCUT2D eigenvalue weighted by molar-refractivity contribution is 9.12. The Kier molecular flexibility index (Phi) is 2.14. The minimum Gasteiger partial charge on any atom is -0.313 e. The second kappa shape index (κ2) is 2.56. The van der Waals surface area contributed by atoms with Gasteiger partial charge in [0.2, 0.25) is 0 Å². The van der Waals surface area contributed by atoms with Gasteiger partial charge in [-0.25, -0.2) is 0 Å². The normalized spacial score (nSPS) is 34.3. The Hall–Kier alpha value is 0.400. The minimum absolute atomic E-state index is 0.315. The summed E-state index contributed by atoms with van der Waals surface area (Å²) in [5, 5.41) is 0. The van der Waals surface area contributed by atoms with Crippen molar-refractivity contribution in [2.75, 3.05) is 0 Å². The van der Waals surface area contributed by atoms with Crippen molar-refractivity contribution in [3.63, 3.8) is 0 Å². The first kappa shape index (κ1) is 7.51. The summed E-state index contributed by atoms with van der Waals surface area (Å²) in [6.07, 6.45) is 6.74. The molecule has 1 rings (SSSR count). The Balaban J connectivity index is 2.70. The number of hydrogen-bond acceptors (Lipinski definition) is 1. The SMILES string of the molecule is NC1(Br)C=CC(Br)=CC1. The van der Waals surface area contributed by atoms with Gasteiger partial charge in [-0.2, -0.15) is 0 Å². The van der Waals surface area contributed by atoms with Crippen molar-refractivity contribution < 1.29 is 0 Å². The maximum atomic E-state index is 5.70. The molecule has 0 saturated heterocycles. The Morgan fingerprint density at radius 3 is 2.67 bits per heavy atom. The number of halogens is 2. The van der Waals surface area contributed by atoms with E-state index in [0.29, 0.717) is 0 Å². The van der Waals surface area contributed by atoms with Gasteiger partial charge in [0.05, 0.1) is 4.45 Å². The summed E-state index contributed by atoms with van der Waals surface area (Å²) in [4.78, 5) is 0. The predicted molar refractivity (Wildman–Crippen MR) is 46.6 cm³/mol. The van der Waals surface area contributed by atoms with Crippen molar-refractivity contribution in [1.29, 1.82) is 0 Å². The van der Waals surface area contributed by atoms with Crippen LogP contribution in [0.2, 0.25) is 0 Å². The topological polar surface area (TPSA) is 26.0 Å². The number of rotatable bonds is 0. The van der Waals surface area contributed by atoms with Gasteiger partial charge in [-0.15, -0.1) is 0 Å². The predicted octanol–water partition coefficient (Wildman–Crippen LogP) is 2.28. The molecular formula is C6H7Br2N. The zero-order valence-electron chi connectivity index (χ0n) is 4.77. The van der Waals surface area contributed by atoms with Crippen molar-refractivity contribution in [2.24, 2.45) is 5.73 Å². The van der Waals surface area contributed by atoms with E-state index < -0.39 is 0 Å². The van der Waals surface area contributed by atoms with Crippen molar-refractivity contribution in [1.82, 2.24) is 0 Å². The van der Waals surface area contributed by atoms with Gasteiger partial charge in [0.1, 0.15) is 0 Å². The van der Waals surface area contributed by atoms with E-state index in [0.717, 1.165) is 10.9 Å². The summed E-state index contributed by atoms with van der Waals surface area (Å²) >= 11 is 6.68. The molecule has 0 fully saturated rings. The highest BCUT2D eigenvalue weighted by Gasteiger charge is 2.17. The summed E-state index contributed by atoms with van der Waals surface area (Å²) in [6.45, 7) is 0. The fraction of sp³-hybridized carbons (Fsp3) is 0.333. The number of alkyl halides is 1. The first-order chi connectivity index (χ1) is 4.10. The van der Waals surface area contributed by atoms with Crippen molar-refractivity contribution in [2.45, 2.75) is 10.9 Å². The van der Waals surface area contributed by atoms with Crippen LogP contribution in [-0.2, 0) is 0 Å². The maximum Gasteiger partial charge on any atom is 0.0941 e. The molecule has 9 heavy (non-hydrogen) atoms. The van der Waals surface area contributed by atoms with Crippen LogP contribution in [-0.4, -0.2) is 4.45 Å². The molecule has 0 saturated carbocycles. The van der Waals surface area contributed by atoms with Crippen LogP contribution in [0.3, 0.4) is 0 Å². The molecule has 1 atom stereocenters. The molecule has 2 N–H and O–H groups in total. The van der Waals surface area contributed by atoms with Gasteiger partial charge in [-0.3, -0.25) is 0 Å². The van der Waals surface area contributed by atoms with Crippen LogP contribution < -0.4 is 5.73 Å². The number of hydrogen-bond donors (Lipinski definition) is 1. The van der Waals surface area contributed by atoms with Gasteiger partial charge < -0.3 is 5.73 Å². The van der Waals surface area contributed by atoms with Gasteiger partial charge in [-0.1, -0.05) is 44.0 Å². The van der Waals surface area contributed by atoms with Crippen LogP contribution in [0.15, 0.2) is 22.7 Å². The Labute approximate surface area is 71.3 Å². The molecule has 0 aliphatic heterocycles. The van der Waals surface area contributed by atoms with E-state index in [1.165, 1.54) is 0 Å². The van der Waals surface area contributed by atoms with E-state index in [9.17, 15) is 0 Å². The number of allylic oxidation sites excluding steroid dienone is 2. The molecule has 0 aromatic rings. The molecule has 1 nitrogen and oxygen atoms in total. The molecule has 0 aromatic heterocycles. The molecule has 0 aromatic carbocycles. The molecule has 0 spiro atoms. The lowest BCUT2D eigenvalue weighted by atomic mass is 10.1. The van der Waals surface area contributed by atoms with Gasteiger partial charge >= 0.3 is 0 Å². The highest BCUT2D eigenvalue weighted by atomic mass is 79.9. The second-order valence-corrected chi connectivity index (χ2v) is 4.45. The highest BCUT2D eigenvalue weighted by Crippen LogP contribution is 2.25. The van der Waals surface area contributed by atoms with E-state index in [-0.39, 0.29) is 4.45 Å².